The van der Waals surface area contributed by atoms with Crippen LogP contribution in [0.5, 0.6) is 5.75 Å². The van der Waals surface area contributed by atoms with Crippen molar-refractivity contribution in [2.75, 3.05) is 6.54 Å². The van der Waals surface area contributed by atoms with Crippen LogP contribution in [0.25, 0.3) is 0 Å². The normalized spacial score (nSPS) is 14.4. The van der Waals surface area contributed by atoms with Gasteiger partial charge in [0.1, 0.15) is 11.9 Å². The molecule has 1 aromatic carbocycles. The molecule has 2 atom stereocenters. The molecule has 0 bridgehead atoms. The van der Waals surface area contributed by atoms with Crippen molar-refractivity contribution >= 4 is 0 Å². The lowest BCUT2D eigenvalue weighted by Crippen LogP contribution is -2.39. The van der Waals surface area contributed by atoms with Gasteiger partial charge in [0, 0.05) is 6.04 Å². The van der Waals surface area contributed by atoms with Crippen LogP contribution in [0, 0.1) is 0 Å². The predicted octanol–water partition coefficient (Wildman–Crippen LogP) is 3.40. The van der Waals surface area contributed by atoms with Crippen LogP contribution in [0.3, 0.4) is 0 Å². The van der Waals surface area contributed by atoms with Crippen molar-refractivity contribution in [3.8, 4) is 5.75 Å². The van der Waals surface area contributed by atoms with Gasteiger partial charge in [0.05, 0.1) is 0 Å². The van der Waals surface area contributed by atoms with Gasteiger partial charge in [-0.3, -0.25) is 0 Å². The minimum Gasteiger partial charge on any atom is -0.489 e. The number of nitrogens with one attached hydrogen (secondary N) is 1. The van der Waals surface area contributed by atoms with E-state index in [1.54, 1.807) is 0 Å². The van der Waals surface area contributed by atoms with E-state index in [1.807, 2.05) is 6.07 Å². The lowest BCUT2D eigenvalue weighted by molar-refractivity contribution is 0.176. The zero-order valence-electron chi connectivity index (χ0n) is 11.5. The first kappa shape index (κ1) is 14.0. The molecule has 2 heteroatoms. The molecular formula is C15H25NO. The molecule has 0 heterocycles. The third-order valence-electron chi connectivity index (χ3n) is 3.09. The van der Waals surface area contributed by atoms with Gasteiger partial charge in [-0.25, -0.2) is 0 Å². The summed E-state index contributed by atoms with van der Waals surface area (Å²) in [7, 11) is 0. The summed E-state index contributed by atoms with van der Waals surface area (Å²) in [6.45, 7) is 9.68. The van der Waals surface area contributed by atoms with E-state index in [0.717, 1.165) is 25.1 Å². The first-order valence-electron chi connectivity index (χ1n) is 6.67. The highest BCUT2D eigenvalue weighted by Crippen LogP contribution is 2.20. The Balaban J connectivity index is 2.57. The van der Waals surface area contributed by atoms with Gasteiger partial charge in [0.2, 0.25) is 0 Å². The molecule has 2 nitrogen and oxygen atoms in total. The molecule has 2 unspecified atom stereocenters. The minimum atomic E-state index is 0.189. The van der Waals surface area contributed by atoms with Crippen LogP contribution in [0.2, 0.25) is 0 Å². The van der Waals surface area contributed by atoms with E-state index < -0.39 is 0 Å². The average Bonchev–Trinajstić information content (AvgIpc) is 2.36. The van der Waals surface area contributed by atoms with E-state index in [1.165, 1.54) is 5.56 Å². The molecule has 0 aliphatic rings. The summed E-state index contributed by atoms with van der Waals surface area (Å²) in [4.78, 5) is 0. The molecule has 0 saturated heterocycles. The van der Waals surface area contributed by atoms with E-state index in [4.69, 9.17) is 4.74 Å². The van der Waals surface area contributed by atoms with Crippen molar-refractivity contribution in [1.29, 1.82) is 0 Å². The van der Waals surface area contributed by atoms with Gasteiger partial charge in [-0.2, -0.15) is 0 Å². The summed E-state index contributed by atoms with van der Waals surface area (Å²) in [5.41, 5.74) is 1.28. The molecule has 1 aromatic rings. The molecule has 0 saturated carbocycles. The van der Waals surface area contributed by atoms with Crippen LogP contribution in [0.4, 0.5) is 0 Å². The Morgan fingerprint density at radius 2 is 1.88 bits per heavy atom. The molecular weight excluding hydrogens is 210 g/mol. The Morgan fingerprint density at radius 3 is 2.53 bits per heavy atom. The summed E-state index contributed by atoms with van der Waals surface area (Å²) in [5.74, 6) is 1.02. The minimum absolute atomic E-state index is 0.189. The second-order valence-electron chi connectivity index (χ2n) is 4.53. The van der Waals surface area contributed by atoms with E-state index in [-0.39, 0.29) is 6.10 Å². The molecule has 96 valence electrons. The van der Waals surface area contributed by atoms with Crippen LogP contribution < -0.4 is 10.1 Å². The molecule has 0 radical (unpaired) electrons. The molecule has 0 aliphatic carbocycles. The third kappa shape index (κ3) is 4.39. The van der Waals surface area contributed by atoms with Crippen molar-refractivity contribution in [3.63, 3.8) is 0 Å². The Labute approximate surface area is 105 Å². The average molecular weight is 235 g/mol. The van der Waals surface area contributed by atoms with E-state index >= 15 is 0 Å². The van der Waals surface area contributed by atoms with Crippen molar-refractivity contribution < 1.29 is 4.74 Å². The number of para-hydroxylation sites is 1. The van der Waals surface area contributed by atoms with Gasteiger partial charge in [-0.05, 0) is 44.9 Å². The fourth-order valence-corrected chi connectivity index (χ4v) is 1.75. The molecule has 0 spiro atoms. The number of aryl methyl sites for hydroxylation is 1. The third-order valence-corrected chi connectivity index (χ3v) is 3.09. The van der Waals surface area contributed by atoms with Crippen LogP contribution >= 0.6 is 0 Å². The molecule has 0 aromatic heterocycles. The van der Waals surface area contributed by atoms with E-state index in [2.05, 4.69) is 51.2 Å². The number of hydrogen-bond donors (Lipinski definition) is 1. The Hall–Kier alpha value is -1.02. The largest absolute Gasteiger partial charge is 0.489 e. The lowest BCUT2D eigenvalue weighted by atomic mass is 10.1. The number of ether oxygens (including phenoxy) is 1. The van der Waals surface area contributed by atoms with Crippen LogP contribution in [-0.4, -0.2) is 18.7 Å². The SMILES string of the molecule is CCCNC(C)C(C)Oc1ccccc1CC. The lowest BCUT2D eigenvalue weighted by Gasteiger charge is -2.23. The summed E-state index contributed by atoms with van der Waals surface area (Å²) in [5, 5.41) is 3.46. The predicted molar refractivity (Wildman–Crippen MR) is 73.7 cm³/mol. The maximum atomic E-state index is 6.03. The Morgan fingerprint density at radius 1 is 1.18 bits per heavy atom. The highest BCUT2D eigenvalue weighted by atomic mass is 16.5. The number of benzene rings is 1. The molecule has 1 N–H and O–H groups in total. The van der Waals surface area contributed by atoms with Crippen LogP contribution in [-0.2, 0) is 6.42 Å². The molecule has 0 aliphatic heterocycles. The van der Waals surface area contributed by atoms with Crippen molar-refractivity contribution in [3.05, 3.63) is 29.8 Å². The quantitative estimate of drug-likeness (QED) is 0.782. The zero-order chi connectivity index (χ0) is 12.7. The van der Waals surface area contributed by atoms with Gasteiger partial charge < -0.3 is 10.1 Å². The zero-order valence-corrected chi connectivity index (χ0v) is 11.5. The van der Waals surface area contributed by atoms with Crippen molar-refractivity contribution in [2.45, 2.75) is 52.7 Å². The summed E-state index contributed by atoms with van der Waals surface area (Å²) in [6, 6.07) is 8.66. The highest BCUT2D eigenvalue weighted by molar-refractivity contribution is 5.33. The summed E-state index contributed by atoms with van der Waals surface area (Å²) in [6.07, 6.45) is 2.36. The topological polar surface area (TPSA) is 21.3 Å². The van der Waals surface area contributed by atoms with Gasteiger partial charge in [0.25, 0.3) is 0 Å². The van der Waals surface area contributed by atoms with Crippen LogP contribution in [0.15, 0.2) is 24.3 Å². The maximum Gasteiger partial charge on any atom is 0.122 e. The summed E-state index contributed by atoms with van der Waals surface area (Å²) >= 11 is 0. The fraction of sp³-hybridized carbons (Fsp3) is 0.600. The van der Waals surface area contributed by atoms with Crippen molar-refractivity contribution in [2.24, 2.45) is 0 Å². The molecule has 0 fully saturated rings. The van der Waals surface area contributed by atoms with Crippen molar-refractivity contribution in [1.82, 2.24) is 5.32 Å². The molecule has 1 rings (SSSR count). The van der Waals surface area contributed by atoms with Crippen LogP contribution in [0.1, 0.15) is 39.7 Å². The number of hydrogen-bond acceptors (Lipinski definition) is 2. The number of rotatable bonds is 7. The van der Waals surface area contributed by atoms with Gasteiger partial charge in [0.15, 0.2) is 0 Å². The fourth-order valence-electron chi connectivity index (χ4n) is 1.75. The smallest absolute Gasteiger partial charge is 0.122 e. The monoisotopic (exact) mass is 235 g/mol. The van der Waals surface area contributed by atoms with Gasteiger partial charge in [-0.15, -0.1) is 0 Å². The Kier molecular flexibility index (Phi) is 6.06. The standard InChI is InChI=1S/C15H25NO/c1-5-11-16-12(3)13(4)17-15-10-8-7-9-14(15)6-2/h7-10,12-13,16H,5-6,11H2,1-4H3. The first-order valence-corrected chi connectivity index (χ1v) is 6.67. The second-order valence-corrected chi connectivity index (χ2v) is 4.53. The first-order chi connectivity index (χ1) is 8.19. The van der Waals surface area contributed by atoms with Gasteiger partial charge >= 0.3 is 0 Å². The van der Waals surface area contributed by atoms with E-state index in [9.17, 15) is 0 Å². The molecule has 17 heavy (non-hydrogen) atoms. The van der Waals surface area contributed by atoms with E-state index in [0.29, 0.717) is 6.04 Å². The molecule has 0 amide bonds. The summed E-state index contributed by atoms with van der Waals surface area (Å²) < 4.78 is 6.03. The second kappa shape index (κ2) is 7.33. The Bertz CT molecular complexity index is 324. The maximum absolute atomic E-state index is 6.03. The van der Waals surface area contributed by atoms with Gasteiger partial charge in [-0.1, -0.05) is 32.0 Å². The highest BCUT2D eigenvalue weighted by Gasteiger charge is 2.13.